The Morgan fingerprint density at radius 1 is 0.921 bits per heavy atom. The van der Waals surface area contributed by atoms with E-state index < -0.39 is 0 Å². The summed E-state index contributed by atoms with van der Waals surface area (Å²) >= 11 is 0. The lowest BCUT2D eigenvalue weighted by Crippen LogP contribution is -2.44. The molecule has 2 saturated heterocycles. The van der Waals surface area contributed by atoms with E-state index >= 15 is 0 Å². The van der Waals surface area contributed by atoms with Crippen molar-refractivity contribution < 1.29 is 9.47 Å². The number of hydrogen-bond donors (Lipinski definition) is 0. The molecule has 0 aromatic heterocycles. The molecule has 0 bridgehead atoms. The maximum atomic E-state index is 6.22. The van der Waals surface area contributed by atoms with Gasteiger partial charge in [0.25, 0.3) is 0 Å². The van der Waals surface area contributed by atoms with Crippen molar-refractivity contribution in [2.45, 2.75) is 63.9 Å². The van der Waals surface area contributed by atoms with Crippen LogP contribution in [0.1, 0.15) is 68.6 Å². The van der Waals surface area contributed by atoms with Gasteiger partial charge in [0.15, 0.2) is 0 Å². The summed E-state index contributed by atoms with van der Waals surface area (Å²) in [6.07, 6.45) is 9.02. The molecular formula is C35H45NO2. The van der Waals surface area contributed by atoms with Crippen LogP contribution in [0, 0.1) is 5.92 Å². The van der Waals surface area contributed by atoms with Crippen LogP contribution < -0.4 is 9.64 Å². The van der Waals surface area contributed by atoms with Crippen molar-refractivity contribution in [3.63, 3.8) is 0 Å². The third-order valence-corrected chi connectivity index (χ3v) is 8.24. The molecule has 0 radical (unpaired) electrons. The van der Waals surface area contributed by atoms with Crippen molar-refractivity contribution in [1.82, 2.24) is 0 Å². The summed E-state index contributed by atoms with van der Waals surface area (Å²) in [6.45, 7) is 10.9. The SMILES string of the molecule is C=CC1COC2(CCN(c3ccc([C@@H]4CCCc5ccccc54)c(OC)c3)CC2)C1.CC.c1ccccc1. The number of benzene rings is 3. The van der Waals surface area contributed by atoms with Gasteiger partial charge in [0.1, 0.15) is 5.75 Å². The molecule has 1 aliphatic carbocycles. The highest BCUT2D eigenvalue weighted by molar-refractivity contribution is 5.57. The summed E-state index contributed by atoms with van der Waals surface area (Å²) in [7, 11) is 1.81. The molecule has 3 aromatic carbocycles. The smallest absolute Gasteiger partial charge is 0.124 e. The molecule has 202 valence electrons. The zero-order chi connectivity index (χ0) is 26.8. The van der Waals surface area contributed by atoms with Gasteiger partial charge in [-0.05, 0) is 55.7 Å². The van der Waals surface area contributed by atoms with E-state index in [9.17, 15) is 0 Å². The van der Waals surface area contributed by atoms with Gasteiger partial charge in [0.05, 0.1) is 19.3 Å². The number of aryl methyl sites for hydroxylation is 1. The van der Waals surface area contributed by atoms with Gasteiger partial charge >= 0.3 is 0 Å². The number of piperidine rings is 1. The highest BCUT2D eigenvalue weighted by Crippen LogP contribution is 2.43. The van der Waals surface area contributed by atoms with Gasteiger partial charge in [-0.25, -0.2) is 0 Å². The topological polar surface area (TPSA) is 21.7 Å². The first-order chi connectivity index (χ1) is 18.7. The Morgan fingerprint density at radius 2 is 1.61 bits per heavy atom. The van der Waals surface area contributed by atoms with Crippen LogP contribution in [0.4, 0.5) is 5.69 Å². The minimum Gasteiger partial charge on any atom is -0.496 e. The number of methoxy groups -OCH3 is 1. The molecule has 3 aliphatic rings. The molecule has 3 heteroatoms. The molecular weight excluding hydrogens is 466 g/mol. The average Bonchev–Trinajstić information content (AvgIpc) is 3.41. The fraction of sp³-hybridized carbons (Fsp3) is 0.429. The molecule has 0 N–H and O–H groups in total. The van der Waals surface area contributed by atoms with Gasteiger partial charge in [0, 0.05) is 42.2 Å². The minimum absolute atomic E-state index is 0.0746. The van der Waals surface area contributed by atoms with Crippen LogP contribution in [0.15, 0.2) is 91.5 Å². The second-order valence-corrected chi connectivity index (χ2v) is 10.4. The normalized spacial score (nSPS) is 21.3. The van der Waals surface area contributed by atoms with Crippen LogP contribution in [-0.4, -0.2) is 32.4 Å². The lowest BCUT2D eigenvalue weighted by Gasteiger charge is -2.40. The van der Waals surface area contributed by atoms with Gasteiger partial charge in [-0.3, -0.25) is 0 Å². The monoisotopic (exact) mass is 511 g/mol. The van der Waals surface area contributed by atoms with Crippen LogP contribution in [-0.2, 0) is 11.2 Å². The molecule has 2 atom stereocenters. The zero-order valence-electron chi connectivity index (χ0n) is 23.6. The van der Waals surface area contributed by atoms with E-state index in [1.54, 1.807) is 0 Å². The number of rotatable bonds is 4. The van der Waals surface area contributed by atoms with E-state index in [2.05, 4.69) is 60.0 Å². The average molecular weight is 512 g/mol. The van der Waals surface area contributed by atoms with E-state index in [0.29, 0.717) is 11.8 Å². The quantitative estimate of drug-likeness (QED) is 0.328. The highest BCUT2D eigenvalue weighted by Gasteiger charge is 2.41. The molecule has 0 amide bonds. The van der Waals surface area contributed by atoms with Crippen LogP contribution in [0.2, 0.25) is 0 Å². The first-order valence-corrected chi connectivity index (χ1v) is 14.5. The zero-order valence-corrected chi connectivity index (χ0v) is 23.6. The molecule has 6 rings (SSSR count). The van der Waals surface area contributed by atoms with E-state index in [1.807, 2.05) is 57.4 Å². The summed E-state index contributed by atoms with van der Waals surface area (Å²) in [6, 6.07) is 27.8. The first-order valence-electron chi connectivity index (χ1n) is 14.5. The predicted molar refractivity (Wildman–Crippen MR) is 160 cm³/mol. The van der Waals surface area contributed by atoms with Crippen molar-refractivity contribution in [2.75, 3.05) is 31.7 Å². The van der Waals surface area contributed by atoms with Crippen LogP contribution >= 0.6 is 0 Å². The van der Waals surface area contributed by atoms with E-state index in [-0.39, 0.29) is 5.60 Å². The third kappa shape index (κ3) is 6.50. The Kier molecular flexibility index (Phi) is 10.1. The number of anilines is 1. The second kappa shape index (κ2) is 13.7. The Labute approximate surface area is 230 Å². The summed E-state index contributed by atoms with van der Waals surface area (Å²) in [4.78, 5) is 2.50. The lowest BCUT2D eigenvalue weighted by molar-refractivity contribution is -0.0150. The van der Waals surface area contributed by atoms with Crippen LogP contribution in [0.25, 0.3) is 0 Å². The maximum absolute atomic E-state index is 6.22. The van der Waals surface area contributed by atoms with Gasteiger partial charge < -0.3 is 14.4 Å². The van der Waals surface area contributed by atoms with Gasteiger partial charge in [-0.15, -0.1) is 6.58 Å². The molecule has 38 heavy (non-hydrogen) atoms. The van der Waals surface area contributed by atoms with Gasteiger partial charge in [-0.1, -0.05) is 86.7 Å². The lowest BCUT2D eigenvalue weighted by atomic mass is 9.78. The molecule has 3 aromatic rings. The van der Waals surface area contributed by atoms with Crippen molar-refractivity contribution in [3.05, 3.63) is 108 Å². The minimum atomic E-state index is 0.0746. The number of hydrogen-bond acceptors (Lipinski definition) is 3. The van der Waals surface area contributed by atoms with E-state index in [0.717, 1.165) is 44.7 Å². The second-order valence-electron chi connectivity index (χ2n) is 10.4. The largest absolute Gasteiger partial charge is 0.496 e. The maximum Gasteiger partial charge on any atom is 0.124 e. The number of nitrogens with zero attached hydrogens (tertiary/aromatic N) is 1. The number of ether oxygens (including phenoxy) is 2. The van der Waals surface area contributed by atoms with Crippen molar-refractivity contribution in [1.29, 1.82) is 0 Å². The van der Waals surface area contributed by atoms with Crippen molar-refractivity contribution >= 4 is 5.69 Å². The Balaban J connectivity index is 0.000000366. The fourth-order valence-corrected chi connectivity index (χ4v) is 6.20. The molecule has 2 heterocycles. The van der Waals surface area contributed by atoms with Crippen LogP contribution in [0.5, 0.6) is 5.75 Å². The van der Waals surface area contributed by atoms with Crippen molar-refractivity contribution in [2.24, 2.45) is 5.92 Å². The standard InChI is InChI=1S/C27H33NO2.C6H6.C2H6/c1-3-20-18-27(30-19-20)13-15-28(16-14-27)22-11-12-25(26(17-22)29-2)24-10-6-8-21-7-4-5-9-23(21)24;1-2-4-6-5-3-1;1-2/h3-5,7,9,11-12,17,20,24H,1,6,8,10,13-16,18-19H2,2H3;1-6H;1-2H3/t20?,24-;;/m1../s1. The molecule has 2 fully saturated rings. The fourth-order valence-electron chi connectivity index (χ4n) is 6.20. The van der Waals surface area contributed by atoms with E-state index in [1.165, 1.54) is 41.6 Å². The third-order valence-electron chi connectivity index (χ3n) is 8.24. The van der Waals surface area contributed by atoms with Gasteiger partial charge in [0.2, 0.25) is 0 Å². The summed E-state index contributed by atoms with van der Waals surface area (Å²) in [5.41, 5.74) is 5.65. The number of fused-ring (bicyclic) bond motifs is 1. The predicted octanol–water partition coefficient (Wildman–Crippen LogP) is 8.44. The molecule has 1 spiro atoms. The summed E-state index contributed by atoms with van der Waals surface area (Å²) in [5.74, 6) is 1.99. The highest BCUT2D eigenvalue weighted by atomic mass is 16.5. The summed E-state index contributed by atoms with van der Waals surface area (Å²) in [5, 5.41) is 0. The Hall–Kier alpha value is -3.04. The van der Waals surface area contributed by atoms with Gasteiger partial charge in [-0.2, -0.15) is 0 Å². The van der Waals surface area contributed by atoms with Crippen LogP contribution in [0.3, 0.4) is 0 Å². The molecule has 0 saturated carbocycles. The molecule has 1 unspecified atom stereocenters. The Bertz CT molecular complexity index is 1110. The van der Waals surface area contributed by atoms with E-state index in [4.69, 9.17) is 9.47 Å². The molecule has 2 aliphatic heterocycles. The van der Waals surface area contributed by atoms with Crippen molar-refractivity contribution in [3.8, 4) is 5.75 Å². The molecule has 3 nitrogen and oxygen atoms in total. The Morgan fingerprint density at radius 3 is 2.24 bits per heavy atom. The summed E-state index contributed by atoms with van der Waals surface area (Å²) < 4.78 is 12.1. The first kappa shape index (κ1) is 28.0.